The number of rotatable bonds is 6. The van der Waals surface area contributed by atoms with Gasteiger partial charge >= 0.3 is 12.4 Å². The van der Waals surface area contributed by atoms with Crippen LogP contribution in [0.5, 0.6) is 0 Å². The molecule has 2 aromatic rings. The number of amides is 1. The number of carbonyl (C=O) groups excluding carboxylic acids is 1. The summed E-state index contributed by atoms with van der Waals surface area (Å²) in [6.07, 6.45) is -10.1. The Morgan fingerprint density at radius 1 is 0.935 bits per heavy atom. The van der Waals surface area contributed by atoms with Crippen molar-refractivity contribution in [1.29, 1.82) is 5.26 Å². The summed E-state index contributed by atoms with van der Waals surface area (Å²) in [5.74, 6) is -0.971. The Balaban J connectivity index is 2.48. The van der Waals surface area contributed by atoms with Crippen LogP contribution in [-0.4, -0.2) is 42.9 Å². The molecule has 0 saturated heterocycles. The van der Waals surface area contributed by atoms with Gasteiger partial charge < -0.3 is 9.80 Å². The second kappa shape index (κ2) is 9.39. The van der Waals surface area contributed by atoms with Gasteiger partial charge in [-0.3, -0.25) is 4.79 Å². The first kappa shape index (κ1) is 24.2. The summed E-state index contributed by atoms with van der Waals surface area (Å²) in [6.45, 7) is 0.300. The molecule has 0 aliphatic heterocycles. The summed E-state index contributed by atoms with van der Waals surface area (Å²) in [7, 11) is 3.43. The SMILES string of the molecule is CN(C)CCN(Cc1cccc(C#N)c1)C(=O)c1cc(C(F)(F)F)cc(C(F)(F)F)c1. The summed E-state index contributed by atoms with van der Waals surface area (Å²) in [4.78, 5) is 15.9. The van der Waals surface area contributed by atoms with Crippen molar-refractivity contribution >= 4 is 5.91 Å². The molecule has 0 spiro atoms. The molecular formula is C21H19F6N3O. The van der Waals surface area contributed by atoms with Crippen LogP contribution in [0.1, 0.15) is 32.6 Å². The van der Waals surface area contributed by atoms with Crippen LogP contribution in [0.25, 0.3) is 0 Å². The van der Waals surface area contributed by atoms with Gasteiger partial charge in [0.25, 0.3) is 5.91 Å². The Kier molecular flexibility index (Phi) is 7.33. The van der Waals surface area contributed by atoms with E-state index in [4.69, 9.17) is 5.26 Å². The lowest BCUT2D eigenvalue weighted by Gasteiger charge is -2.25. The van der Waals surface area contributed by atoms with Crippen molar-refractivity contribution < 1.29 is 31.1 Å². The monoisotopic (exact) mass is 443 g/mol. The van der Waals surface area contributed by atoms with Crippen LogP contribution in [0, 0.1) is 11.3 Å². The summed E-state index contributed by atoms with van der Waals surface area (Å²) in [5.41, 5.74) is -2.98. The van der Waals surface area contributed by atoms with Crippen LogP contribution < -0.4 is 0 Å². The van der Waals surface area contributed by atoms with Crippen molar-refractivity contribution in [2.45, 2.75) is 18.9 Å². The number of alkyl halides is 6. The highest BCUT2D eigenvalue weighted by molar-refractivity contribution is 5.94. The number of halogens is 6. The third-order valence-corrected chi connectivity index (χ3v) is 4.37. The lowest BCUT2D eigenvalue weighted by molar-refractivity contribution is -0.143. The fourth-order valence-electron chi connectivity index (χ4n) is 2.79. The standard InChI is InChI=1S/C21H19F6N3O/c1-29(2)6-7-30(13-15-5-3-4-14(8-15)12-28)19(31)16-9-17(20(22,23)24)11-18(10-16)21(25,26)27/h3-5,8-11H,6-7,13H2,1-2H3. The smallest absolute Gasteiger partial charge is 0.333 e. The Morgan fingerprint density at radius 2 is 1.52 bits per heavy atom. The van der Waals surface area contributed by atoms with Crippen molar-refractivity contribution in [3.05, 3.63) is 70.3 Å². The number of likely N-dealkylation sites (N-methyl/N-ethyl adjacent to an activating group) is 1. The molecule has 0 saturated carbocycles. The molecule has 2 rings (SSSR count). The molecule has 0 unspecified atom stereocenters. The van der Waals surface area contributed by atoms with Crippen molar-refractivity contribution in [2.24, 2.45) is 0 Å². The molecule has 4 nitrogen and oxygen atoms in total. The summed E-state index contributed by atoms with van der Waals surface area (Å²) >= 11 is 0. The average molecular weight is 443 g/mol. The molecule has 0 radical (unpaired) electrons. The van der Waals surface area contributed by atoms with E-state index in [2.05, 4.69) is 0 Å². The maximum Gasteiger partial charge on any atom is 0.416 e. The number of carbonyl (C=O) groups is 1. The molecule has 10 heteroatoms. The first-order valence-electron chi connectivity index (χ1n) is 9.04. The van der Waals surface area contributed by atoms with Gasteiger partial charge in [-0.15, -0.1) is 0 Å². The zero-order valence-corrected chi connectivity index (χ0v) is 16.7. The molecule has 2 aromatic carbocycles. The Morgan fingerprint density at radius 3 is 2.00 bits per heavy atom. The number of hydrogen-bond acceptors (Lipinski definition) is 3. The van der Waals surface area contributed by atoms with Crippen LogP contribution >= 0.6 is 0 Å². The van der Waals surface area contributed by atoms with Crippen molar-refractivity contribution in [3.63, 3.8) is 0 Å². The largest absolute Gasteiger partial charge is 0.416 e. The minimum absolute atomic E-state index is 0.0165. The van der Waals surface area contributed by atoms with Crippen molar-refractivity contribution in [1.82, 2.24) is 9.80 Å². The maximum atomic E-state index is 13.2. The summed E-state index contributed by atoms with van der Waals surface area (Å²) in [6, 6.07) is 9.00. The van der Waals surface area contributed by atoms with Crippen LogP contribution in [0.15, 0.2) is 42.5 Å². The molecule has 0 bridgehead atoms. The average Bonchev–Trinajstić information content (AvgIpc) is 2.69. The highest BCUT2D eigenvalue weighted by Crippen LogP contribution is 2.36. The van der Waals surface area contributed by atoms with Gasteiger partial charge in [-0.1, -0.05) is 12.1 Å². The van der Waals surface area contributed by atoms with Gasteiger partial charge in [0.1, 0.15) is 0 Å². The highest BCUT2D eigenvalue weighted by Gasteiger charge is 2.38. The first-order valence-corrected chi connectivity index (χ1v) is 9.04. The van der Waals surface area contributed by atoms with E-state index in [0.29, 0.717) is 29.8 Å². The minimum atomic E-state index is -5.05. The van der Waals surface area contributed by atoms with E-state index in [-0.39, 0.29) is 19.2 Å². The van der Waals surface area contributed by atoms with E-state index in [0.717, 1.165) is 4.90 Å². The molecule has 0 N–H and O–H groups in total. The zero-order valence-electron chi connectivity index (χ0n) is 16.7. The Bertz CT molecular complexity index is 944. The molecule has 1 amide bonds. The Labute approximate surface area is 175 Å². The fourth-order valence-corrected chi connectivity index (χ4v) is 2.79. The minimum Gasteiger partial charge on any atom is -0.333 e. The van der Waals surface area contributed by atoms with E-state index in [1.54, 1.807) is 31.1 Å². The predicted molar refractivity (Wildman–Crippen MR) is 101 cm³/mol. The molecule has 0 aliphatic rings. The summed E-state index contributed by atoms with van der Waals surface area (Å²) < 4.78 is 78.9. The van der Waals surface area contributed by atoms with E-state index >= 15 is 0 Å². The maximum absolute atomic E-state index is 13.2. The molecule has 0 aromatic heterocycles. The van der Waals surface area contributed by atoms with Crippen LogP contribution in [0.2, 0.25) is 0 Å². The molecule has 166 valence electrons. The second-order valence-corrected chi connectivity index (χ2v) is 7.14. The predicted octanol–water partition coefficient (Wildman–Crippen LogP) is 4.80. The number of hydrogen-bond donors (Lipinski definition) is 0. The lowest BCUT2D eigenvalue weighted by atomic mass is 10.0. The quantitative estimate of drug-likeness (QED) is 0.603. The molecule has 0 atom stereocenters. The van der Waals surface area contributed by atoms with Crippen LogP contribution in [0.3, 0.4) is 0 Å². The number of benzene rings is 2. The van der Waals surface area contributed by atoms with E-state index < -0.39 is 35.0 Å². The van der Waals surface area contributed by atoms with Crippen LogP contribution in [-0.2, 0) is 18.9 Å². The number of nitrogens with zero attached hydrogens (tertiary/aromatic N) is 3. The van der Waals surface area contributed by atoms with Gasteiger partial charge in [0.05, 0.1) is 22.8 Å². The molecule has 31 heavy (non-hydrogen) atoms. The molecular weight excluding hydrogens is 424 g/mol. The third kappa shape index (κ3) is 6.72. The van der Waals surface area contributed by atoms with Crippen molar-refractivity contribution in [2.75, 3.05) is 27.2 Å². The van der Waals surface area contributed by atoms with E-state index in [1.165, 1.54) is 12.1 Å². The zero-order chi connectivity index (χ0) is 23.4. The Hall–Kier alpha value is -3.06. The van der Waals surface area contributed by atoms with Gasteiger partial charge in [-0.2, -0.15) is 31.6 Å². The fraction of sp³-hybridized carbons (Fsp3) is 0.333. The lowest BCUT2D eigenvalue weighted by Crippen LogP contribution is -2.36. The third-order valence-electron chi connectivity index (χ3n) is 4.37. The molecule has 0 aliphatic carbocycles. The second-order valence-electron chi connectivity index (χ2n) is 7.14. The van der Waals surface area contributed by atoms with E-state index in [9.17, 15) is 31.1 Å². The summed E-state index contributed by atoms with van der Waals surface area (Å²) in [5, 5.41) is 9.02. The van der Waals surface area contributed by atoms with Crippen LogP contribution in [0.4, 0.5) is 26.3 Å². The molecule has 0 fully saturated rings. The topological polar surface area (TPSA) is 47.3 Å². The normalized spacial score (nSPS) is 12.0. The molecule has 0 heterocycles. The van der Waals surface area contributed by atoms with Gasteiger partial charge in [0.15, 0.2) is 0 Å². The van der Waals surface area contributed by atoms with Crippen molar-refractivity contribution in [3.8, 4) is 6.07 Å². The number of nitriles is 1. The van der Waals surface area contributed by atoms with Gasteiger partial charge in [0, 0.05) is 25.2 Å². The first-order chi connectivity index (χ1) is 14.3. The van der Waals surface area contributed by atoms with E-state index in [1.807, 2.05) is 6.07 Å². The highest BCUT2D eigenvalue weighted by atomic mass is 19.4. The van der Waals surface area contributed by atoms with Gasteiger partial charge in [-0.25, -0.2) is 0 Å². The van der Waals surface area contributed by atoms with Gasteiger partial charge in [-0.05, 0) is 50.0 Å². The van der Waals surface area contributed by atoms with Gasteiger partial charge in [0.2, 0.25) is 0 Å².